The van der Waals surface area contributed by atoms with Crippen molar-refractivity contribution >= 4 is 37.7 Å². The van der Waals surface area contributed by atoms with Crippen LogP contribution in [0, 0.1) is 0 Å². The van der Waals surface area contributed by atoms with Gasteiger partial charge in [-0.25, -0.2) is 0 Å². The van der Waals surface area contributed by atoms with Crippen LogP contribution in [-0.2, 0) is 17.4 Å². The monoisotopic (exact) mass is 267 g/mol. The van der Waals surface area contributed by atoms with Crippen LogP contribution in [0.5, 0.6) is 0 Å². The number of hydrogen-bond acceptors (Lipinski definition) is 0. The fourth-order valence-corrected chi connectivity index (χ4v) is 0. The van der Waals surface area contributed by atoms with E-state index in [2.05, 4.69) is 0 Å². The molecule has 0 fully saturated rings. The standard InChI is InChI=1S/Ca.5ClH.Cr/h;5*1H;/q+2;;;;;;+3/p-5. The van der Waals surface area contributed by atoms with Crippen LogP contribution < -0.4 is 62.0 Å². The summed E-state index contributed by atoms with van der Waals surface area (Å²) in [5.74, 6) is 0. The number of hydrogen-bond donors (Lipinski definition) is 0. The third-order valence-corrected chi connectivity index (χ3v) is 0. The maximum absolute atomic E-state index is 0. The molecule has 0 nitrogen and oxygen atoms in total. The van der Waals surface area contributed by atoms with E-state index in [9.17, 15) is 0 Å². The average Bonchev–Trinajstić information content (AvgIpc) is 0. The van der Waals surface area contributed by atoms with Gasteiger partial charge in [-0.3, -0.25) is 0 Å². The molecule has 0 saturated carbocycles. The van der Waals surface area contributed by atoms with Gasteiger partial charge in [0.1, 0.15) is 0 Å². The van der Waals surface area contributed by atoms with E-state index in [1.807, 2.05) is 0 Å². The van der Waals surface area contributed by atoms with Gasteiger partial charge in [0.2, 0.25) is 0 Å². The molecule has 0 amide bonds. The zero-order chi connectivity index (χ0) is 0. The zero-order valence-electron chi connectivity index (χ0n) is 3.01. The first-order valence-corrected chi connectivity index (χ1v) is 0. The van der Waals surface area contributed by atoms with Gasteiger partial charge < -0.3 is 62.0 Å². The molecule has 0 rings (SSSR count). The van der Waals surface area contributed by atoms with Crippen LogP contribution in [-0.4, -0.2) is 37.7 Å². The SMILES string of the molecule is [Ca+2].[Cl-].[Cl-].[Cl-].[Cl-].[Cl-].[Cr+3]. The summed E-state index contributed by atoms with van der Waals surface area (Å²) in [6.07, 6.45) is 0. The molecule has 0 heterocycles. The minimum Gasteiger partial charge on any atom is -1.00 e. The van der Waals surface area contributed by atoms with Crippen molar-refractivity contribution in [2.75, 3.05) is 0 Å². The molecule has 0 aliphatic heterocycles. The van der Waals surface area contributed by atoms with Gasteiger partial charge in [-0.05, 0) is 0 Å². The van der Waals surface area contributed by atoms with Crippen LogP contribution in [0.25, 0.3) is 0 Å². The van der Waals surface area contributed by atoms with Gasteiger partial charge in [0, 0.05) is 0 Å². The molecule has 0 aromatic rings. The number of rotatable bonds is 0. The second kappa shape index (κ2) is 59.7. The molecule has 0 N–H and O–H groups in total. The molecule has 0 atom stereocenters. The minimum atomic E-state index is 0. The molecule has 43 valence electrons. The quantitative estimate of drug-likeness (QED) is 0.383. The molecule has 0 spiro atoms. The van der Waals surface area contributed by atoms with Gasteiger partial charge in [0.05, 0.1) is 0 Å². The summed E-state index contributed by atoms with van der Waals surface area (Å²) < 4.78 is 0. The molecule has 0 bridgehead atoms. The normalized spacial score (nSPS) is 0. The second-order valence-electron chi connectivity index (χ2n) is 0. The molecule has 0 aliphatic rings. The average molecular weight is 269 g/mol. The summed E-state index contributed by atoms with van der Waals surface area (Å²) in [5.41, 5.74) is 0. The summed E-state index contributed by atoms with van der Waals surface area (Å²) >= 11 is 0. The molecular weight excluding hydrogens is 269 g/mol. The van der Waals surface area contributed by atoms with Gasteiger partial charge in [0.15, 0.2) is 0 Å². The van der Waals surface area contributed by atoms with Crippen molar-refractivity contribution < 1.29 is 79.4 Å². The predicted octanol–water partition coefficient (Wildman–Crippen LogP) is -15.4. The molecule has 7 heteroatoms. The van der Waals surface area contributed by atoms with E-state index < -0.39 is 0 Å². The molecule has 1 radical (unpaired) electrons. The maximum Gasteiger partial charge on any atom is 3.00 e. The molecule has 0 unspecified atom stereocenters. The summed E-state index contributed by atoms with van der Waals surface area (Å²) in [7, 11) is 0. The fourth-order valence-electron chi connectivity index (χ4n) is 0. The Bertz CT molecular complexity index is 8.04. The van der Waals surface area contributed by atoms with Crippen LogP contribution >= 0.6 is 0 Å². The van der Waals surface area contributed by atoms with Gasteiger partial charge in [-0.1, -0.05) is 0 Å². The first kappa shape index (κ1) is 83.2. The van der Waals surface area contributed by atoms with Crippen LogP contribution in [0.2, 0.25) is 0 Å². The van der Waals surface area contributed by atoms with Gasteiger partial charge >= 0.3 is 55.1 Å². The topological polar surface area (TPSA) is 0 Å². The summed E-state index contributed by atoms with van der Waals surface area (Å²) in [6, 6.07) is 0. The van der Waals surface area contributed by atoms with Crippen molar-refractivity contribution in [3.63, 3.8) is 0 Å². The molecule has 0 aromatic carbocycles. The van der Waals surface area contributed by atoms with Gasteiger partial charge in [-0.15, -0.1) is 0 Å². The van der Waals surface area contributed by atoms with Crippen molar-refractivity contribution in [2.45, 2.75) is 0 Å². The Morgan fingerprint density at radius 3 is 0.429 bits per heavy atom. The fraction of sp³-hybridized carbons (Fsp3) is 0. The number of halogens is 5. The Kier molecular flexibility index (Phi) is 710. The van der Waals surface area contributed by atoms with E-state index >= 15 is 0 Å². The van der Waals surface area contributed by atoms with E-state index in [1.54, 1.807) is 0 Å². The Balaban J connectivity index is 0. The largest absolute Gasteiger partial charge is 3.00 e. The summed E-state index contributed by atoms with van der Waals surface area (Å²) in [6.45, 7) is 0. The zero-order valence-corrected chi connectivity index (χ0v) is 10.3. The molecule has 0 saturated heterocycles. The Hall–Kier alpha value is 3.24. The van der Waals surface area contributed by atoms with Crippen molar-refractivity contribution in [3.8, 4) is 0 Å². The van der Waals surface area contributed by atoms with Crippen molar-refractivity contribution in [1.29, 1.82) is 0 Å². The van der Waals surface area contributed by atoms with Gasteiger partial charge in [0.25, 0.3) is 0 Å². The minimum absolute atomic E-state index is 0. The van der Waals surface area contributed by atoms with E-state index in [0.29, 0.717) is 0 Å². The molecule has 7 heavy (non-hydrogen) atoms. The van der Waals surface area contributed by atoms with Crippen LogP contribution in [0.15, 0.2) is 0 Å². The van der Waals surface area contributed by atoms with Crippen LogP contribution in [0.3, 0.4) is 0 Å². The molecule has 0 aliphatic carbocycles. The third-order valence-electron chi connectivity index (χ3n) is 0. The van der Waals surface area contributed by atoms with Crippen LogP contribution in [0.1, 0.15) is 0 Å². The first-order valence-electron chi connectivity index (χ1n) is 0. The van der Waals surface area contributed by atoms with E-state index in [4.69, 9.17) is 0 Å². The maximum atomic E-state index is 0. The first-order chi connectivity index (χ1) is 0. The van der Waals surface area contributed by atoms with E-state index in [0.717, 1.165) is 0 Å². The Morgan fingerprint density at radius 1 is 0.429 bits per heavy atom. The van der Waals surface area contributed by atoms with Crippen molar-refractivity contribution in [1.82, 2.24) is 0 Å². The molecular formula is CaCl5Cr. The third kappa shape index (κ3) is 46.1. The van der Waals surface area contributed by atoms with E-state index in [-0.39, 0.29) is 117 Å². The Labute approximate surface area is 115 Å². The van der Waals surface area contributed by atoms with Crippen LogP contribution in [0.4, 0.5) is 0 Å². The van der Waals surface area contributed by atoms with Crippen molar-refractivity contribution in [3.05, 3.63) is 0 Å². The predicted molar refractivity (Wildman–Crippen MR) is 5.75 cm³/mol. The summed E-state index contributed by atoms with van der Waals surface area (Å²) in [4.78, 5) is 0. The molecule has 0 aromatic heterocycles. The van der Waals surface area contributed by atoms with Crippen molar-refractivity contribution in [2.24, 2.45) is 0 Å². The smallest absolute Gasteiger partial charge is 1.00 e. The Morgan fingerprint density at radius 2 is 0.429 bits per heavy atom. The second-order valence-corrected chi connectivity index (χ2v) is 0. The summed E-state index contributed by atoms with van der Waals surface area (Å²) in [5, 5.41) is 0. The van der Waals surface area contributed by atoms with E-state index in [1.165, 1.54) is 0 Å². The van der Waals surface area contributed by atoms with Gasteiger partial charge in [-0.2, -0.15) is 0 Å².